The van der Waals surface area contributed by atoms with Crippen molar-refractivity contribution in [2.45, 2.75) is 40.2 Å². The number of thioether (sulfide) groups is 1. The van der Waals surface area contributed by atoms with Crippen molar-refractivity contribution in [3.63, 3.8) is 0 Å². The highest BCUT2D eigenvalue weighted by atomic mass is 32.2. The number of hydrogen-bond donors (Lipinski definition) is 0. The average molecular weight is 288 g/mol. The molecule has 2 rings (SSSR count). The lowest BCUT2D eigenvalue weighted by Crippen LogP contribution is -2.43. The standard InChI is InChI=1S/C17H24N2S/c1-12(2)10-19-16(20-11-17(19,5)6)18-15-8-7-13(3)9-14(15)4/h7-9H,1,10-11H2,2-6H3. The lowest BCUT2D eigenvalue weighted by Gasteiger charge is -2.32. The van der Waals surface area contributed by atoms with Crippen LogP contribution in [0.25, 0.3) is 0 Å². The zero-order chi connectivity index (χ0) is 14.9. The van der Waals surface area contributed by atoms with Gasteiger partial charge in [0.05, 0.1) is 5.69 Å². The highest BCUT2D eigenvalue weighted by molar-refractivity contribution is 8.14. The molecule has 2 nitrogen and oxygen atoms in total. The number of aryl methyl sites for hydroxylation is 2. The summed E-state index contributed by atoms with van der Waals surface area (Å²) in [4.78, 5) is 7.27. The van der Waals surface area contributed by atoms with Gasteiger partial charge in [0.25, 0.3) is 0 Å². The summed E-state index contributed by atoms with van der Waals surface area (Å²) < 4.78 is 0. The van der Waals surface area contributed by atoms with Crippen molar-refractivity contribution in [2.24, 2.45) is 4.99 Å². The van der Waals surface area contributed by atoms with E-state index in [2.05, 4.69) is 64.3 Å². The Labute approximate surface area is 127 Å². The molecule has 1 aliphatic rings. The summed E-state index contributed by atoms with van der Waals surface area (Å²) in [5.74, 6) is 1.07. The maximum Gasteiger partial charge on any atom is 0.165 e. The molecule has 0 aromatic heterocycles. The second-order valence-electron chi connectivity index (χ2n) is 6.33. The van der Waals surface area contributed by atoms with E-state index in [9.17, 15) is 0 Å². The van der Waals surface area contributed by atoms with Crippen LogP contribution in [-0.2, 0) is 0 Å². The van der Waals surface area contributed by atoms with Crippen molar-refractivity contribution in [1.29, 1.82) is 0 Å². The molecule has 1 fully saturated rings. The fourth-order valence-corrected chi connectivity index (χ4v) is 3.60. The molecular weight excluding hydrogens is 264 g/mol. The molecule has 1 aromatic carbocycles. The summed E-state index contributed by atoms with van der Waals surface area (Å²) in [6, 6.07) is 6.43. The second kappa shape index (κ2) is 5.65. The lowest BCUT2D eigenvalue weighted by atomic mass is 10.1. The Kier molecular flexibility index (Phi) is 4.28. The van der Waals surface area contributed by atoms with Crippen LogP contribution in [-0.4, -0.2) is 27.9 Å². The first-order valence-corrected chi connectivity index (χ1v) is 7.99. The van der Waals surface area contributed by atoms with E-state index in [1.165, 1.54) is 16.7 Å². The minimum atomic E-state index is 0.140. The first-order valence-electron chi connectivity index (χ1n) is 7.00. The van der Waals surface area contributed by atoms with Gasteiger partial charge in [-0.25, -0.2) is 4.99 Å². The highest BCUT2D eigenvalue weighted by Crippen LogP contribution is 2.35. The number of rotatable bonds is 3. The van der Waals surface area contributed by atoms with Crippen LogP contribution in [0.1, 0.15) is 31.9 Å². The van der Waals surface area contributed by atoms with Crippen molar-refractivity contribution >= 4 is 22.6 Å². The summed E-state index contributed by atoms with van der Waals surface area (Å²) in [5, 5.41) is 1.12. The fraction of sp³-hybridized carbons (Fsp3) is 0.471. The monoisotopic (exact) mass is 288 g/mol. The maximum atomic E-state index is 4.89. The van der Waals surface area contributed by atoms with E-state index in [1.807, 2.05) is 11.8 Å². The van der Waals surface area contributed by atoms with Gasteiger partial charge in [0, 0.05) is 17.8 Å². The van der Waals surface area contributed by atoms with E-state index in [-0.39, 0.29) is 5.54 Å². The SMILES string of the molecule is C=C(C)CN1C(=Nc2ccc(C)cc2C)SCC1(C)C. The first-order chi connectivity index (χ1) is 9.29. The van der Waals surface area contributed by atoms with Crippen molar-refractivity contribution < 1.29 is 0 Å². The Balaban J connectivity index is 2.34. The summed E-state index contributed by atoms with van der Waals surface area (Å²) in [6.07, 6.45) is 0. The Hall–Kier alpha value is -1.22. The van der Waals surface area contributed by atoms with Gasteiger partial charge in [-0.15, -0.1) is 0 Å². The third-order valence-corrected chi connectivity index (χ3v) is 4.93. The average Bonchev–Trinajstić information content (AvgIpc) is 2.59. The molecule has 0 unspecified atom stereocenters. The summed E-state index contributed by atoms with van der Waals surface area (Å²) in [7, 11) is 0. The van der Waals surface area contributed by atoms with Gasteiger partial charge in [0.1, 0.15) is 0 Å². The normalized spacial score (nSPS) is 19.6. The van der Waals surface area contributed by atoms with Crippen molar-refractivity contribution in [3.05, 3.63) is 41.5 Å². The molecule has 0 radical (unpaired) electrons. The van der Waals surface area contributed by atoms with Crippen molar-refractivity contribution in [2.75, 3.05) is 12.3 Å². The third-order valence-electron chi connectivity index (χ3n) is 3.51. The topological polar surface area (TPSA) is 15.6 Å². The number of nitrogens with zero attached hydrogens (tertiary/aromatic N) is 2. The van der Waals surface area contributed by atoms with Crippen LogP contribution < -0.4 is 0 Å². The van der Waals surface area contributed by atoms with Crippen LogP contribution in [0.4, 0.5) is 5.69 Å². The number of aliphatic imine (C=N–C) groups is 1. The van der Waals surface area contributed by atoms with E-state index in [1.54, 1.807) is 0 Å². The summed E-state index contributed by atoms with van der Waals surface area (Å²) in [6.45, 7) is 15.8. The van der Waals surface area contributed by atoms with Gasteiger partial charge < -0.3 is 4.90 Å². The molecule has 0 saturated carbocycles. The fourth-order valence-electron chi connectivity index (χ4n) is 2.33. The van der Waals surface area contributed by atoms with Crippen molar-refractivity contribution in [1.82, 2.24) is 4.90 Å². The van der Waals surface area contributed by atoms with E-state index in [4.69, 9.17) is 4.99 Å². The minimum absolute atomic E-state index is 0.140. The zero-order valence-electron chi connectivity index (χ0n) is 13.2. The Morgan fingerprint density at radius 3 is 2.70 bits per heavy atom. The molecule has 1 heterocycles. The van der Waals surface area contributed by atoms with E-state index in [0.717, 1.165) is 23.2 Å². The first kappa shape index (κ1) is 15.2. The van der Waals surface area contributed by atoms with E-state index in [0.29, 0.717) is 0 Å². The molecule has 108 valence electrons. The molecule has 0 spiro atoms. The Morgan fingerprint density at radius 1 is 1.40 bits per heavy atom. The molecule has 0 aliphatic carbocycles. The van der Waals surface area contributed by atoms with Crippen LogP contribution >= 0.6 is 11.8 Å². The lowest BCUT2D eigenvalue weighted by molar-refractivity contribution is 0.274. The quantitative estimate of drug-likeness (QED) is 0.750. The molecule has 0 atom stereocenters. The Bertz CT molecular complexity index is 558. The number of benzene rings is 1. The molecule has 1 aliphatic heterocycles. The van der Waals surface area contributed by atoms with Gasteiger partial charge in [0.15, 0.2) is 5.17 Å². The van der Waals surface area contributed by atoms with Crippen LogP contribution in [0.5, 0.6) is 0 Å². The predicted molar refractivity (Wildman–Crippen MR) is 91.1 cm³/mol. The van der Waals surface area contributed by atoms with Crippen molar-refractivity contribution in [3.8, 4) is 0 Å². The van der Waals surface area contributed by atoms with E-state index < -0.39 is 0 Å². The van der Waals surface area contributed by atoms with Crippen LogP contribution in [0, 0.1) is 13.8 Å². The predicted octanol–water partition coefficient (Wildman–Crippen LogP) is 4.69. The smallest absolute Gasteiger partial charge is 0.165 e. The second-order valence-corrected chi connectivity index (χ2v) is 7.27. The van der Waals surface area contributed by atoms with Gasteiger partial charge in [-0.3, -0.25) is 0 Å². The summed E-state index contributed by atoms with van der Waals surface area (Å²) in [5.41, 5.74) is 4.90. The molecule has 3 heteroatoms. The van der Waals surface area contributed by atoms with Gasteiger partial charge >= 0.3 is 0 Å². The molecular formula is C17H24N2S. The molecule has 0 N–H and O–H groups in total. The van der Waals surface area contributed by atoms with Gasteiger partial charge in [0.2, 0.25) is 0 Å². The van der Waals surface area contributed by atoms with Gasteiger partial charge in [-0.2, -0.15) is 0 Å². The molecule has 20 heavy (non-hydrogen) atoms. The highest BCUT2D eigenvalue weighted by Gasteiger charge is 2.36. The molecule has 1 saturated heterocycles. The third kappa shape index (κ3) is 3.26. The maximum absolute atomic E-state index is 4.89. The van der Waals surface area contributed by atoms with Crippen LogP contribution in [0.2, 0.25) is 0 Å². The van der Waals surface area contributed by atoms with Gasteiger partial charge in [-0.1, -0.05) is 41.6 Å². The summed E-state index contributed by atoms with van der Waals surface area (Å²) >= 11 is 1.84. The largest absolute Gasteiger partial charge is 0.341 e. The molecule has 1 aromatic rings. The minimum Gasteiger partial charge on any atom is -0.341 e. The van der Waals surface area contributed by atoms with Crippen LogP contribution in [0.3, 0.4) is 0 Å². The Morgan fingerprint density at radius 2 is 2.10 bits per heavy atom. The molecule has 0 amide bonds. The number of amidine groups is 1. The van der Waals surface area contributed by atoms with Crippen LogP contribution in [0.15, 0.2) is 35.3 Å². The van der Waals surface area contributed by atoms with E-state index >= 15 is 0 Å². The molecule has 0 bridgehead atoms. The van der Waals surface area contributed by atoms with Gasteiger partial charge in [-0.05, 0) is 46.2 Å². The number of hydrogen-bond acceptors (Lipinski definition) is 2. The zero-order valence-corrected chi connectivity index (χ0v) is 14.0.